The van der Waals surface area contributed by atoms with Gasteiger partial charge in [0.25, 0.3) is 0 Å². The fraction of sp³-hybridized carbons (Fsp3) is 0.133. The second kappa shape index (κ2) is 4.67. The average molecular weight is 276 g/mol. The highest BCUT2D eigenvalue weighted by molar-refractivity contribution is 5.81. The molecule has 20 heavy (non-hydrogen) atoms. The van der Waals surface area contributed by atoms with Gasteiger partial charge in [0.05, 0.1) is 5.56 Å². The summed E-state index contributed by atoms with van der Waals surface area (Å²) in [6.45, 7) is 0.609. The number of hydrogen-bond donors (Lipinski definition) is 0. The monoisotopic (exact) mass is 276 g/mol. The first-order valence-corrected chi connectivity index (χ1v) is 6.09. The minimum absolute atomic E-state index is 0.592. The fourth-order valence-electron chi connectivity index (χ4n) is 2.20. The Hall–Kier alpha value is -2.30. The van der Waals surface area contributed by atoms with Crippen LogP contribution in [0.4, 0.5) is 13.2 Å². The SMILES string of the molecule is FC(F)(F)c1ccc2c(ccn2Cc2ccncc2)c1. The molecule has 0 spiro atoms. The van der Waals surface area contributed by atoms with Crippen molar-refractivity contribution in [1.82, 2.24) is 9.55 Å². The van der Waals surface area contributed by atoms with Crippen LogP contribution in [0.25, 0.3) is 10.9 Å². The second-order valence-electron chi connectivity index (χ2n) is 4.57. The van der Waals surface area contributed by atoms with Gasteiger partial charge < -0.3 is 4.57 Å². The van der Waals surface area contributed by atoms with E-state index >= 15 is 0 Å². The molecule has 3 aromatic rings. The van der Waals surface area contributed by atoms with Crippen molar-refractivity contribution >= 4 is 10.9 Å². The Morgan fingerprint density at radius 1 is 1.00 bits per heavy atom. The number of hydrogen-bond acceptors (Lipinski definition) is 1. The lowest BCUT2D eigenvalue weighted by Gasteiger charge is -2.08. The maximum atomic E-state index is 12.7. The third-order valence-corrected chi connectivity index (χ3v) is 3.20. The minimum atomic E-state index is -4.30. The third-order valence-electron chi connectivity index (χ3n) is 3.20. The van der Waals surface area contributed by atoms with Crippen molar-refractivity contribution in [2.75, 3.05) is 0 Å². The summed E-state index contributed by atoms with van der Waals surface area (Å²) in [5.41, 5.74) is 1.22. The van der Waals surface area contributed by atoms with Crippen LogP contribution in [0.1, 0.15) is 11.1 Å². The van der Waals surface area contributed by atoms with E-state index in [0.29, 0.717) is 11.9 Å². The van der Waals surface area contributed by atoms with Gasteiger partial charge in [0, 0.05) is 36.0 Å². The van der Waals surface area contributed by atoms with Crippen LogP contribution in [0.5, 0.6) is 0 Å². The molecule has 0 aliphatic carbocycles. The smallest absolute Gasteiger partial charge is 0.343 e. The second-order valence-corrected chi connectivity index (χ2v) is 4.57. The molecule has 0 unspecified atom stereocenters. The molecule has 0 fully saturated rings. The molecule has 0 saturated heterocycles. The molecule has 0 radical (unpaired) electrons. The molecule has 0 atom stereocenters. The number of benzene rings is 1. The van der Waals surface area contributed by atoms with Crippen molar-refractivity contribution in [1.29, 1.82) is 0 Å². The van der Waals surface area contributed by atoms with Gasteiger partial charge in [-0.25, -0.2) is 0 Å². The summed E-state index contributed by atoms with van der Waals surface area (Å²) in [6.07, 6.45) is 0.887. The van der Waals surface area contributed by atoms with Crippen LogP contribution in [0.3, 0.4) is 0 Å². The molecule has 0 N–H and O–H groups in total. The molecular weight excluding hydrogens is 265 g/mol. The van der Waals surface area contributed by atoms with E-state index in [9.17, 15) is 13.2 Å². The van der Waals surface area contributed by atoms with Gasteiger partial charge in [-0.15, -0.1) is 0 Å². The first kappa shape index (κ1) is 12.7. The number of nitrogens with zero attached hydrogens (tertiary/aromatic N) is 2. The maximum absolute atomic E-state index is 12.7. The maximum Gasteiger partial charge on any atom is 0.416 e. The molecule has 0 saturated carbocycles. The van der Waals surface area contributed by atoms with Gasteiger partial charge in [0.15, 0.2) is 0 Å². The number of aromatic nitrogens is 2. The number of fused-ring (bicyclic) bond motifs is 1. The fourth-order valence-corrected chi connectivity index (χ4v) is 2.20. The molecule has 2 heterocycles. The van der Waals surface area contributed by atoms with Crippen LogP contribution in [0, 0.1) is 0 Å². The predicted molar refractivity (Wildman–Crippen MR) is 70.3 cm³/mol. The summed E-state index contributed by atoms with van der Waals surface area (Å²) in [5.74, 6) is 0. The number of rotatable bonds is 2. The highest BCUT2D eigenvalue weighted by atomic mass is 19.4. The highest BCUT2D eigenvalue weighted by Crippen LogP contribution is 2.31. The van der Waals surface area contributed by atoms with Crippen molar-refractivity contribution in [2.24, 2.45) is 0 Å². The van der Waals surface area contributed by atoms with E-state index in [2.05, 4.69) is 4.98 Å². The van der Waals surface area contributed by atoms with Gasteiger partial charge >= 0.3 is 6.18 Å². The summed E-state index contributed by atoms with van der Waals surface area (Å²) in [7, 11) is 0. The Balaban J connectivity index is 1.98. The van der Waals surface area contributed by atoms with Gasteiger partial charge in [-0.2, -0.15) is 13.2 Å². The molecular formula is C15H11F3N2. The summed E-state index contributed by atoms with van der Waals surface area (Å²) in [5, 5.41) is 0.592. The zero-order valence-corrected chi connectivity index (χ0v) is 10.4. The number of halogens is 3. The lowest BCUT2D eigenvalue weighted by atomic mass is 10.1. The third kappa shape index (κ3) is 2.39. The van der Waals surface area contributed by atoms with Crippen molar-refractivity contribution in [3.8, 4) is 0 Å². The normalized spacial score (nSPS) is 11.9. The summed E-state index contributed by atoms with van der Waals surface area (Å²) in [4.78, 5) is 3.94. The Morgan fingerprint density at radius 2 is 1.75 bits per heavy atom. The number of alkyl halides is 3. The van der Waals surface area contributed by atoms with Gasteiger partial charge in [-0.05, 0) is 42.0 Å². The predicted octanol–water partition coefficient (Wildman–Crippen LogP) is 4.10. The zero-order valence-electron chi connectivity index (χ0n) is 10.4. The lowest BCUT2D eigenvalue weighted by Crippen LogP contribution is -2.04. The van der Waals surface area contributed by atoms with Crippen LogP contribution < -0.4 is 0 Å². The highest BCUT2D eigenvalue weighted by Gasteiger charge is 2.30. The summed E-state index contributed by atoms with van der Waals surface area (Å²) >= 11 is 0. The standard InChI is InChI=1S/C15H11F3N2/c16-15(17,18)13-1-2-14-12(9-13)5-8-20(14)10-11-3-6-19-7-4-11/h1-9H,10H2. The summed E-state index contributed by atoms with van der Waals surface area (Å²) < 4.78 is 39.9. The first-order chi connectivity index (χ1) is 9.54. The van der Waals surface area contributed by atoms with Gasteiger partial charge in [-0.1, -0.05) is 0 Å². The first-order valence-electron chi connectivity index (χ1n) is 6.09. The molecule has 2 nitrogen and oxygen atoms in total. The van der Waals surface area contributed by atoms with Crippen LogP contribution in [0.2, 0.25) is 0 Å². The molecule has 0 aliphatic rings. The van der Waals surface area contributed by atoms with Crippen molar-refractivity contribution in [3.63, 3.8) is 0 Å². The van der Waals surface area contributed by atoms with E-state index < -0.39 is 11.7 Å². The Labute approximate surface area is 113 Å². The van der Waals surface area contributed by atoms with Crippen molar-refractivity contribution in [3.05, 3.63) is 66.1 Å². The topological polar surface area (TPSA) is 17.8 Å². The van der Waals surface area contributed by atoms with E-state index in [1.54, 1.807) is 24.7 Å². The molecule has 0 aliphatic heterocycles. The van der Waals surface area contributed by atoms with Crippen LogP contribution in [0.15, 0.2) is 55.0 Å². The van der Waals surface area contributed by atoms with Gasteiger partial charge in [0.2, 0.25) is 0 Å². The van der Waals surface area contributed by atoms with E-state index in [-0.39, 0.29) is 0 Å². The number of pyridine rings is 1. The molecule has 5 heteroatoms. The van der Waals surface area contributed by atoms with Gasteiger partial charge in [-0.3, -0.25) is 4.98 Å². The van der Waals surface area contributed by atoms with Crippen molar-refractivity contribution < 1.29 is 13.2 Å². The quantitative estimate of drug-likeness (QED) is 0.689. The molecule has 3 rings (SSSR count). The Morgan fingerprint density at radius 3 is 2.45 bits per heavy atom. The lowest BCUT2D eigenvalue weighted by molar-refractivity contribution is -0.137. The van der Waals surface area contributed by atoms with Crippen LogP contribution in [-0.4, -0.2) is 9.55 Å². The van der Waals surface area contributed by atoms with Crippen LogP contribution in [-0.2, 0) is 12.7 Å². The van der Waals surface area contributed by atoms with Gasteiger partial charge in [0.1, 0.15) is 0 Å². The molecule has 2 aromatic heterocycles. The Bertz CT molecular complexity index is 730. The largest absolute Gasteiger partial charge is 0.416 e. The minimum Gasteiger partial charge on any atom is -0.343 e. The van der Waals surface area contributed by atoms with E-state index in [0.717, 1.165) is 17.1 Å². The molecule has 0 bridgehead atoms. The molecule has 0 amide bonds. The zero-order chi connectivity index (χ0) is 14.2. The molecule has 1 aromatic carbocycles. The Kier molecular flexibility index (Phi) is 2.97. The average Bonchev–Trinajstić information content (AvgIpc) is 2.81. The molecule has 102 valence electrons. The van der Waals surface area contributed by atoms with Crippen molar-refractivity contribution in [2.45, 2.75) is 12.7 Å². The van der Waals surface area contributed by atoms with E-state index in [1.165, 1.54) is 12.1 Å². The summed E-state index contributed by atoms with van der Waals surface area (Å²) in [6, 6.07) is 9.28. The van der Waals surface area contributed by atoms with E-state index in [4.69, 9.17) is 0 Å². The van der Waals surface area contributed by atoms with Crippen LogP contribution >= 0.6 is 0 Å². The van der Waals surface area contributed by atoms with E-state index in [1.807, 2.05) is 16.7 Å².